The van der Waals surface area contributed by atoms with Gasteiger partial charge in [0.05, 0.1) is 18.8 Å². The molecule has 1 aliphatic heterocycles. The third-order valence-electron chi connectivity index (χ3n) is 3.36. The second-order valence-electron chi connectivity index (χ2n) is 4.82. The summed E-state index contributed by atoms with van der Waals surface area (Å²) < 4.78 is 11.2. The molecule has 0 aromatic rings. The van der Waals surface area contributed by atoms with Gasteiger partial charge in [-0.1, -0.05) is 12.8 Å². The van der Waals surface area contributed by atoms with E-state index in [-0.39, 0.29) is 0 Å². The summed E-state index contributed by atoms with van der Waals surface area (Å²) in [5.41, 5.74) is 0. The molecule has 1 saturated heterocycles. The van der Waals surface area contributed by atoms with Crippen molar-refractivity contribution in [2.45, 2.75) is 57.3 Å². The molecule has 88 valence electrons. The van der Waals surface area contributed by atoms with Crippen LogP contribution in [0.1, 0.15) is 39.0 Å². The van der Waals surface area contributed by atoms with E-state index in [1.807, 2.05) is 0 Å². The van der Waals surface area contributed by atoms with Gasteiger partial charge in [0.15, 0.2) is 0 Å². The van der Waals surface area contributed by atoms with Crippen LogP contribution >= 0.6 is 0 Å². The fraction of sp³-hybridized carbons (Fsp3) is 1.00. The minimum absolute atomic E-state index is 0.317. The fourth-order valence-corrected chi connectivity index (χ4v) is 2.46. The highest BCUT2D eigenvalue weighted by atomic mass is 16.5. The molecule has 2 aliphatic rings. The predicted molar refractivity (Wildman–Crippen MR) is 60.0 cm³/mol. The Morgan fingerprint density at radius 2 is 2.13 bits per heavy atom. The Bertz CT molecular complexity index is 174. The lowest BCUT2D eigenvalue weighted by atomic mass is 10.2. The van der Waals surface area contributed by atoms with Crippen LogP contribution in [0.2, 0.25) is 0 Å². The summed E-state index contributed by atoms with van der Waals surface area (Å²) in [7, 11) is 0. The summed E-state index contributed by atoms with van der Waals surface area (Å²) in [6.45, 7) is 4.79. The van der Waals surface area contributed by atoms with Crippen LogP contribution in [0, 0.1) is 0 Å². The highest BCUT2D eigenvalue weighted by molar-refractivity contribution is 4.75. The second-order valence-corrected chi connectivity index (χ2v) is 4.82. The van der Waals surface area contributed by atoms with E-state index in [1.54, 1.807) is 0 Å². The first-order chi connectivity index (χ1) is 7.34. The third-order valence-corrected chi connectivity index (χ3v) is 3.36. The van der Waals surface area contributed by atoms with E-state index in [9.17, 15) is 0 Å². The molecule has 1 saturated carbocycles. The van der Waals surface area contributed by atoms with Gasteiger partial charge in [-0.25, -0.2) is 0 Å². The van der Waals surface area contributed by atoms with Crippen LogP contribution < -0.4 is 5.32 Å². The lowest BCUT2D eigenvalue weighted by Gasteiger charge is -2.20. The van der Waals surface area contributed by atoms with Crippen LogP contribution in [0.25, 0.3) is 0 Å². The topological polar surface area (TPSA) is 30.5 Å². The minimum Gasteiger partial charge on any atom is -0.379 e. The molecule has 2 fully saturated rings. The summed E-state index contributed by atoms with van der Waals surface area (Å²) in [4.78, 5) is 0. The molecule has 0 bridgehead atoms. The Balaban J connectivity index is 1.57. The maximum atomic E-state index is 5.88. The summed E-state index contributed by atoms with van der Waals surface area (Å²) >= 11 is 0. The van der Waals surface area contributed by atoms with E-state index < -0.39 is 0 Å². The Morgan fingerprint density at radius 3 is 2.80 bits per heavy atom. The smallest absolute Gasteiger partial charge is 0.0834 e. The minimum atomic E-state index is 0.317. The van der Waals surface area contributed by atoms with Crippen molar-refractivity contribution < 1.29 is 9.47 Å². The van der Waals surface area contributed by atoms with E-state index in [1.165, 1.54) is 25.7 Å². The SMILES string of the molecule is CC(CNC1CCCC1)OC1CCOC1. The lowest BCUT2D eigenvalue weighted by molar-refractivity contribution is -0.00655. The quantitative estimate of drug-likeness (QED) is 0.754. The van der Waals surface area contributed by atoms with Gasteiger partial charge in [-0.05, 0) is 26.2 Å². The summed E-state index contributed by atoms with van der Waals surface area (Å²) in [5, 5.41) is 3.59. The molecule has 2 unspecified atom stereocenters. The van der Waals surface area contributed by atoms with Crippen LogP contribution in [-0.2, 0) is 9.47 Å². The van der Waals surface area contributed by atoms with Crippen molar-refractivity contribution in [3.63, 3.8) is 0 Å². The van der Waals surface area contributed by atoms with Crippen molar-refractivity contribution in [1.82, 2.24) is 5.32 Å². The molecule has 0 spiro atoms. The maximum Gasteiger partial charge on any atom is 0.0834 e. The van der Waals surface area contributed by atoms with E-state index in [0.29, 0.717) is 12.2 Å². The average molecular weight is 213 g/mol. The zero-order valence-electron chi connectivity index (χ0n) is 9.71. The number of hydrogen-bond donors (Lipinski definition) is 1. The Labute approximate surface area is 92.5 Å². The molecule has 3 nitrogen and oxygen atoms in total. The molecule has 0 radical (unpaired) electrons. The molecular weight excluding hydrogens is 190 g/mol. The van der Waals surface area contributed by atoms with E-state index in [4.69, 9.17) is 9.47 Å². The molecule has 1 aliphatic carbocycles. The molecular formula is C12H23NO2. The summed E-state index contributed by atoms with van der Waals surface area (Å²) in [5.74, 6) is 0. The van der Waals surface area contributed by atoms with E-state index in [2.05, 4.69) is 12.2 Å². The molecule has 1 heterocycles. The average Bonchev–Trinajstić information content (AvgIpc) is 2.86. The molecule has 0 amide bonds. The van der Waals surface area contributed by atoms with Crippen molar-refractivity contribution in [2.75, 3.05) is 19.8 Å². The van der Waals surface area contributed by atoms with Crippen molar-refractivity contribution in [3.05, 3.63) is 0 Å². The highest BCUT2D eigenvalue weighted by Gasteiger charge is 2.20. The van der Waals surface area contributed by atoms with Gasteiger partial charge >= 0.3 is 0 Å². The standard InChI is InChI=1S/C12H23NO2/c1-10(15-12-6-7-14-9-12)8-13-11-4-2-3-5-11/h10-13H,2-9H2,1H3. The molecule has 1 N–H and O–H groups in total. The molecule has 2 atom stereocenters. The molecule has 0 aromatic heterocycles. The monoisotopic (exact) mass is 213 g/mol. The van der Waals surface area contributed by atoms with Gasteiger partial charge in [0, 0.05) is 19.2 Å². The normalized spacial score (nSPS) is 29.8. The van der Waals surface area contributed by atoms with E-state index in [0.717, 1.165) is 32.2 Å². The Hall–Kier alpha value is -0.120. The predicted octanol–water partition coefficient (Wildman–Crippen LogP) is 1.71. The number of nitrogens with one attached hydrogen (secondary N) is 1. The first-order valence-corrected chi connectivity index (χ1v) is 6.31. The molecule has 15 heavy (non-hydrogen) atoms. The van der Waals surface area contributed by atoms with Crippen LogP contribution in [0.4, 0.5) is 0 Å². The van der Waals surface area contributed by atoms with Crippen molar-refractivity contribution in [1.29, 1.82) is 0 Å². The van der Waals surface area contributed by atoms with Gasteiger partial charge in [-0.15, -0.1) is 0 Å². The zero-order chi connectivity index (χ0) is 10.5. The first-order valence-electron chi connectivity index (χ1n) is 6.31. The molecule has 3 heteroatoms. The third kappa shape index (κ3) is 3.74. The van der Waals surface area contributed by atoms with Crippen LogP contribution in [0.5, 0.6) is 0 Å². The summed E-state index contributed by atoms with van der Waals surface area (Å²) in [6.07, 6.45) is 7.20. The van der Waals surface area contributed by atoms with Crippen LogP contribution in [0.15, 0.2) is 0 Å². The molecule has 2 rings (SSSR count). The van der Waals surface area contributed by atoms with Gasteiger partial charge in [-0.2, -0.15) is 0 Å². The zero-order valence-corrected chi connectivity index (χ0v) is 9.71. The van der Waals surface area contributed by atoms with Crippen LogP contribution in [0.3, 0.4) is 0 Å². The van der Waals surface area contributed by atoms with Gasteiger partial charge < -0.3 is 14.8 Å². The maximum absolute atomic E-state index is 5.88. The Kier molecular flexibility index (Phi) is 4.42. The van der Waals surface area contributed by atoms with Gasteiger partial charge in [0.1, 0.15) is 0 Å². The molecule has 0 aromatic carbocycles. The lowest BCUT2D eigenvalue weighted by Crippen LogP contribution is -2.35. The highest BCUT2D eigenvalue weighted by Crippen LogP contribution is 2.17. The van der Waals surface area contributed by atoms with Crippen LogP contribution in [-0.4, -0.2) is 38.0 Å². The Morgan fingerprint density at radius 1 is 1.33 bits per heavy atom. The van der Waals surface area contributed by atoms with Gasteiger partial charge in [-0.3, -0.25) is 0 Å². The van der Waals surface area contributed by atoms with Gasteiger partial charge in [0.2, 0.25) is 0 Å². The van der Waals surface area contributed by atoms with E-state index >= 15 is 0 Å². The number of hydrogen-bond acceptors (Lipinski definition) is 3. The van der Waals surface area contributed by atoms with Crippen molar-refractivity contribution in [2.24, 2.45) is 0 Å². The largest absolute Gasteiger partial charge is 0.379 e. The number of rotatable bonds is 5. The fourth-order valence-electron chi connectivity index (χ4n) is 2.46. The van der Waals surface area contributed by atoms with Crippen molar-refractivity contribution in [3.8, 4) is 0 Å². The van der Waals surface area contributed by atoms with Crippen molar-refractivity contribution >= 4 is 0 Å². The first kappa shape index (κ1) is 11.4. The summed E-state index contributed by atoms with van der Waals surface area (Å²) in [6, 6.07) is 0.746. The van der Waals surface area contributed by atoms with Gasteiger partial charge in [0.25, 0.3) is 0 Å². The second kappa shape index (κ2) is 5.83. The number of ether oxygens (including phenoxy) is 2.